The summed E-state index contributed by atoms with van der Waals surface area (Å²) in [6, 6.07) is -7.19. The maximum atomic E-state index is 13.4. The molecule has 18 nitrogen and oxygen atoms in total. The molecule has 1 fully saturated rings. The average Bonchev–Trinajstić information content (AvgIpc) is 3.53. The lowest BCUT2D eigenvalue weighted by Crippen LogP contribution is -2.60. The van der Waals surface area contributed by atoms with Crippen LogP contribution in [0.2, 0.25) is 0 Å². The van der Waals surface area contributed by atoms with E-state index in [2.05, 4.69) is 26.6 Å². The molecule has 18 heteroatoms. The molecule has 0 spiro atoms. The molecule has 12 N–H and O–H groups in total. The van der Waals surface area contributed by atoms with E-state index in [1.165, 1.54) is 4.90 Å². The first kappa shape index (κ1) is 43.2. The SMILES string of the molecule is CC(C)C[C@H](NC(=O)[C@H](CO)NC(=O)[C@@H](N)CC(C)C)C(=O)N[C@@H](CO)C(=O)N1CCC[C@H]1C(=O)NCC(=O)N[C@@H](CCCCN)C(=O)O. The van der Waals surface area contributed by atoms with Crippen molar-refractivity contribution in [3.63, 3.8) is 0 Å². The lowest BCUT2D eigenvalue weighted by Gasteiger charge is -2.29. The number of rotatable bonds is 22. The van der Waals surface area contributed by atoms with E-state index >= 15 is 0 Å². The van der Waals surface area contributed by atoms with Crippen LogP contribution >= 0.6 is 0 Å². The highest BCUT2D eigenvalue weighted by atomic mass is 16.4. The van der Waals surface area contributed by atoms with E-state index in [9.17, 15) is 48.9 Å². The number of aliphatic carboxylic acids is 1. The quantitative estimate of drug-likeness (QED) is 0.0496. The summed E-state index contributed by atoms with van der Waals surface area (Å²) in [5, 5.41) is 41.2. The Hall–Kier alpha value is -3.87. The molecule has 0 unspecified atom stereocenters. The van der Waals surface area contributed by atoms with Crippen LogP contribution in [0, 0.1) is 11.8 Å². The van der Waals surface area contributed by atoms with Gasteiger partial charge in [-0.2, -0.15) is 0 Å². The second kappa shape index (κ2) is 22.0. The molecule has 0 aliphatic carbocycles. The molecule has 0 bridgehead atoms. The zero-order valence-corrected chi connectivity index (χ0v) is 28.9. The molecule has 1 rings (SSSR count). The van der Waals surface area contributed by atoms with Gasteiger partial charge in [-0.05, 0) is 63.3 Å². The number of carbonyl (C=O) groups excluding carboxylic acids is 6. The van der Waals surface area contributed by atoms with Crippen molar-refractivity contribution in [1.82, 2.24) is 31.5 Å². The number of likely N-dealkylation sites (tertiary alicyclic amines) is 1. The summed E-state index contributed by atoms with van der Waals surface area (Å²) in [4.78, 5) is 90.2. The molecule has 0 radical (unpaired) electrons. The number of aliphatic hydroxyl groups excluding tert-OH is 2. The van der Waals surface area contributed by atoms with Crippen LogP contribution in [-0.4, -0.2) is 131 Å². The van der Waals surface area contributed by atoms with E-state index in [4.69, 9.17) is 11.5 Å². The van der Waals surface area contributed by atoms with Crippen LogP contribution in [0.5, 0.6) is 0 Å². The minimum absolute atomic E-state index is 0.107. The Morgan fingerprint density at radius 1 is 0.776 bits per heavy atom. The molecule has 1 heterocycles. The lowest BCUT2D eigenvalue weighted by molar-refractivity contribution is -0.143. The van der Waals surface area contributed by atoms with Gasteiger partial charge in [0.2, 0.25) is 35.4 Å². The average molecular weight is 701 g/mol. The lowest BCUT2D eigenvalue weighted by atomic mass is 10.0. The fourth-order valence-corrected chi connectivity index (χ4v) is 5.30. The molecule has 0 aromatic carbocycles. The third kappa shape index (κ3) is 15.1. The molecule has 1 aliphatic rings. The molecule has 6 atom stereocenters. The van der Waals surface area contributed by atoms with Crippen molar-refractivity contribution in [3.8, 4) is 0 Å². The zero-order valence-electron chi connectivity index (χ0n) is 28.9. The minimum Gasteiger partial charge on any atom is -0.480 e. The number of amides is 6. The number of nitrogens with zero attached hydrogens (tertiary/aromatic N) is 1. The van der Waals surface area contributed by atoms with Gasteiger partial charge in [0.1, 0.15) is 30.2 Å². The van der Waals surface area contributed by atoms with Gasteiger partial charge in [0.05, 0.1) is 25.8 Å². The van der Waals surface area contributed by atoms with E-state index in [1.54, 1.807) is 13.8 Å². The second-order valence-corrected chi connectivity index (χ2v) is 13.1. The number of carbonyl (C=O) groups is 7. The predicted octanol–water partition coefficient (Wildman–Crippen LogP) is -3.35. The monoisotopic (exact) mass is 700 g/mol. The van der Waals surface area contributed by atoms with Gasteiger partial charge < -0.3 is 58.3 Å². The van der Waals surface area contributed by atoms with Crippen molar-refractivity contribution < 1.29 is 48.9 Å². The highest BCUT2D eigenvalue weighted by Gasteiger charge is 2.39. The molecule has 280 valence electrons. The molecular weight excluding hydrogens is 644 g/mol. The fourth-order valence-electron chi connectivity index (χ4n) is 5.30. The highest BCUT2D eigenvalue weighted by Crippen LogP contribution is 2.19. The molecule has 1 aliphatic heterocycles. The van der Waals surface area contributed by atoms with E-state index in [0.29, 0.717) is 32.2 Å². The predicted molar refractivity (Wildman–Crippen MR) is 177 cm³/mol. The fraction of sp³-hybridized carbons (Fsp3) is 0.774. The van der Waals surface area contributed by atoms with Gasteiger partial charge in [-0.15, -0.1) is 0 Å². The second-order valence-electron chi connectivity index (χ2n) is 13.1. The van der Waals surface area contributed by atoms with Gasteiger partial charge in [0.15, 0.2) is 0 Å². The minimum atomic E-state index is -1.48. The number of carboxylic acids is 1. The molecule has 0 aromatic heterocycles. The van der Waals surface area contributed by atoms with Crippen LogP contribution in [-0.2, 0) is 33.6 Å². The summed E-state index contributed by atoms with van der Waals surface area (Å²) in [6.45, 7) is 5.69. The topological polar surface area (TPSA) is 296 Å². The van der Waals surface area contributed by atoms with Crippen molar-refractivity contribution in [2.24, 2.45) is 23.3 Å². The van der Waals surface area contributed by atoms with Crippen molar-refractivity contribution in [1.29, 1.82) is 0 Å². The van der Waals surface area contributed by atoms with Gasteiger partial charge >= 0.3 is 5.97 Å². The summed E-state index contributed by atoms with van der Waals surface area (Å²) in [6.07, 6.45) is 2.35. The Kier molecular flexibility index (Phi) is 19.3. The molecule has 49 heavy (non-hydrogen) atoms. The van der Waals surface area contributed by atoms with E-state index < -0.39 is 97.4 Å². The summed E-state index contributed by atoms with van der Waals surface area (Å²) in [7, 11) is 0. The van der Waals surface area contributed by atoms with Crippen molar-refractivity contribution >= 4 is 41.4 Å². The standard InChI is InChI=1S/C31H56N8O10/c1-17(2)12-19(33)26(43)37-22(15-40)28(45)36-21(13-18(3)4)27(44)38-23(16-41)30(47)39-11-7-9-24(39)29(46)34-14-25(42)35-20(31(48)49)8-5-6-10-32/h17-24,40-41H,5-16,32-33H2,1-4H3,(H,34,46)(H,35,42)(H,36,45)(H,37,43)(H,38,44)(H,48,49)/t19-,20-,21-,22-,23-,24-/m0/s1. The number of unbranched alkanes of at least 4 members (excludes halogenated alkanes) is 1. The molecule has 6 amide bonds. The number of nitrogens with one attached hydrogen (secondary N) is 5. The Bertz CT molecular complexity index is 1140. The summed E-state index contributed by atoms with van der Waals surface area (Å²) >= 11 is 0. The van der Waals surface area contributed by atoms with Crippen LogP contribution in [0.15, 0.2) is 0 Å². The summed E-state index contributed by atoms with van der Waals surface area (Å²) < 4.78 is 0. The highest BCUT2D eigenvalue weighted by molar-refractivity contribution is 5.96. The molecule has 0 aromatic rings. The Morgan fingerprint density at radius 3 is 1.90 bits per heavy atom. The summed E-state index contributed by atoms with van der Waals surface area (Å²) in [5.74, 6) is -5.73. The van der Waals surface area contributed by atoms with Crippen LogP contribution < -0.4 is 38.1 Å². The Morgan fingerprint density at radius 2 is 1.35 bits per heavy atom. The number of aliphatic hydroxyl groups is 2. The molecule has 0 saturated carbocycles. The van der Waals surface area contributed by atoms with Crippen molar-refractivity contribution in [3.05, 3.63) is 0 Å². The normalized spacial score (nSPS) is 17.4. The van der Waals surface area contributed by atoms with Crippen LogP contribution in [0.3, 0.4) is 0 Å². The van der Waals surface area contributed by atoms with E-state index in [-0.39, 0.29) is 37.6 Å². The van der Waals surface area contributed by atoms with Crippen LogP contribution in [0.1, 0.15) is 72.6 Å². The van der Waals surface area contributed by atoms with Gasteiger partial charge in [-0.3, -0.25) is 28.8 Å². The first-order valence-electron chi connectivity index (χ1n) is 16.7. The third-order valence-corrected chi connectivity index (χ3v) is 7.86. The maximum Gasteiger partial charge on any atom is 0.326 e. The first-order chi connectivity index (χ1) is 23.1. The molecule has 1 saturated heterocycles. The van der Waals surface area contributed by atoms with E-state index in [1.807, 2.05) is 13.8 Å². The number of hydrogen-bond donors (Lipinski definition) is 10. The molecular formula is C31H56N8O10. The van der Waals surface area contributed by atoms with Crippen molar-refractivity contribution in [2.45, 2.75) is 109 Å². The largest absolute Gasteiger partial charge is 0.480 e. The number of nitrogens with two attached hydrogens (primary N) is 2. The van der Waals surface area contributed by atoms with Gasteiger partial charge in [0, 0.05) is 6.54 Å². The maximum absolute atomic E-state index is 13.4. The van der Waals surface area contributed by atoms with Gasteiger partial charge in [-0.25, -0.2) is 4.79 Å². The van der Waals surface area contributed by atoms with Crippen LogP contribution in [0.25, 0.3) is 0 Å². The zero-order chi connectivity index (χ0) is 37.3. The van der Waals surface area contributed by atoms with Gasteiger partial charge in [0.25, 0.3) is 0 Å². The number of carboxylic acid groups (broad SMARTS) is 1. The van der Waals surface area contributed by atoms with Crippen molar-refractivity contribution in [2.75, 3.05) is 32.8 Å². The van der Waals surface area contributed by atoms with E-state index in [0.717, 1.165) is 0 Å². The van der Waals surface area contributed by atoms with Crippen LogP contribution in [0.4, 0.5) is 0 Å². The summed E-state index contributed by atoms with van der Waals surface area (Å²) in [5.41, 5.74) is 11.3. The first-order valence-corrected chi connectivity index (χ1v) is 16.7. The number of hydrogen-bond acceptors (Lipinski definition) is 11. The Balaban J connectivity index is 2.90. The smallest absolute Gasteiger partial charge is 0.326 e. The van der Waals surface area contributed by atoms with Gasteiger partial charge in [-0.1, -0.05) is 27.7 Å². The third-order valence-electron chi connectivity index (χ3n) is 7.86. The Labute approximate surface area is 286 Å².